The number of aromatic nitrogens is 2. The van der Waals surface area contributed by atoms with Crippen LogP contribution < -0.4 is 10.6 Å². The third kappa shape index (κ3) is 5.30. The maximum atomic E-state index is 12.0. The van der Waals surface area contributed by atoms with Crippen LogP contribution in [-0.2, 0) is 17.7 Å². The molecule has 1 aromatic heterocycles. The SMILES string of the molecule is CC(C)CCOCCNC(=O)c1n[nH]c2c1CNCC2.Cl. The molecule has 2 heterocycles. The minimum atomic E-state index is -0.126. The van der Waals surface area contributed by atoms with Crippen molar-refractivity contribution < 1.29 is 9.53 Å². The number of ether oxygens (including phenoxy) is 1. The number of amides is 1. The highest BCUT2D eigenvalue weighted by Crippen LogP contribution is 2.14. The molecule has 7 heteroatoms. The lowest BCUT2D eigenvalue weighted by Crippen LogP contribution is -2.30. The van der Waals surface area contributed by atoms with Crippen LogP contribution in [0.25, 0.3) is 0 Å². The molecule has 120 valence electrons. The molecule has 0 fully saturated rings. The van der Waals surface area contributed by atoms with Gasteiger partial charge in [-0.15, -0.1) is 12.4 Å². The van der Waals surface area contributed by atoms with Crippen molar-refractivity contribution in [3.63, 3.8) is 0 Å². The molecule has 0 radical (unpaired) electrons. The number of nitrogens with zero attached hydrogens (tertiary/aromatic N) is 1. The minimum absolute atomic E-state index is 0. The molecule has 0 aliphatic carbocycles. The van der Waals surface area contributed by atoms with Crippen LogP contribution in [0.1, 0.15) is 42.0 Å². The fourth-order valence-electron chi connectivity index (χ4n) is 2.15. The van der Waals surface area contributed by atoms with E-state index < -0.39 is 0 Å². The Labute approximate surface area is 131 Å². The van der Waals surface area contributed by atoms with Gasteiger partial charge >= 0.3 is 0 Å². The predicted octanol–water partition coefficient (Wildman–Crippen LogP) is 1.27. The normalized spacial score (nSPS) is 13.7. The van der Waals surface area contributed by atoms with Crippen molar-refractivity contribution >= 4 is 18.3 Å². The summed E-state index contributed by atoms with van der Waals surface area (Å²) in [7, 11) is 0. The van der Waals surface area contributed by atoms with Gasteiger partial charge in [-0.1, -0.05) is 13.8 Å². The van der Waals surface area contributed by atoms with Gasteiger partial charge < -0.3 is 15.4 Å². The minimum Gasteiger partial charge on any atom is -0.380 e. The third-order valence-corrected chi connectivity index (χ3v) is 3.39. The fraction of sp³-hybridized carbons (Fsp3) is 0.714. The molecule has 6 nitrogen and oxygen atoms in total. The highest BCUT2D eigenvalue weighted by atomic mass is 35.5. The maximum absolute atomic E-state index is 12.0. The summed E-state index contributed by atoms with van der Waals surface area (Å²) in [6.45, 7) is 7.78. The topological polar surface area (TPSA) is 79.0 Å². The average molecular weight is 317 g/mol. The molecule has 21 heavy (non-hydrogen) atoms. The zero-order chi connectivity index (χ0) is 14.4. The molecule has 0 bridgehead atoms. The van der Waals surface area contributed by atoms with Crippen molar-refractivity contribution in [2.75, 3.05) is 26.3 Å². The van der Waals surface area contributed by atoms with Gasteiger partial charge in [-0.2, -0.15) is 5.10 Å². The van der Waals surface area contributed by atoms with Crippen molar-refractivity contribution in [3.8, 4) is 0 Å². The zero-order valence-corrected chi connectivity index (χ0v) is 13.5. The fourth-order valence-corrected chi connectivity index (χ4v) is 2.15. The number of hydrogen-bond acceptors (Lipinski definition) is 4. The molecular weight excluding hydrogens is 292 g/mol. The summed E-state index contributed by atoms with van der Waals surface area (Å²) in [4.78, 5) is 12.0. The van der Waals surface area contributed by atoms with Crippen LogP contribution in [0.2, 0.25) is 0 Å². The molecule has 0 atom stereocenters. The lowest BCUT2D eigenvalue weighted by molar-refractivity contribution is 0.0900. The van der Waals surface area contributed by atoms with E-state index >= 15 is 0 Å². The third-order valence-electron chi connectivity index (χ3n) is 3.39. The Balaban J connectivity index is 0.00000220. The van der Waals surface area contributed by atoms with Gasteiger partial charge in [0.15, 0.2) is 5.69 Å². The Morgan fingerprint density at radius 2 is 2.24 bits per heavy atom. The van der Waals surface area contributed by atoms with E-state index in [1.165, 1.54) is 0 Å². The molecule has 0 unspecified atom stereocenters. The summed E-state index contributed by atoms with van der Waals surface area (Å²) in [6.07, 6.45) is 1.94. The molecule has 0 saturated heterocycles. The monoisotopic (exact) mass is 316 g/mol. The summed E-state index contributed by atoms with van der Waals surface area (Å²) in [6, 6.07) is 0. The first-order chi connectivity index (χ1) is 9.68. The van der Waals surface area contributed by atoms with Crippen LogP contribution in [0.3, 0.4) is 0 Å². The van der Waals surface area contributed by atoms with E-state index in [1.807, 2.05) is 0 Å². The second-order valence-corrected chi connectivity index (χ2v) is 5.51. The van der Waals surface area contributed by atoms with Crippen LogP contribution in [0.4, 0.5) is 0 Å². The molecule has 1 aromatic rings. The second-order valence-electron chi connectivity index (χ2n) is 5.51. The number of carbonyl (C=O) groups excluding carboxylic acids is 1. The lowest BCUT2D eigenvalue weighted by Gasteiger charge is -2.13. The quantitative estimate of drug-likeness (QED) is 0.662. The number of nitrogens with one attached hydrogen (secondary N) is 3. The standard InChI is InChI=1S/C14H24N4O2.ClH/c1-10(2)4-7-20-8-6-16-14(19)13-11-9-15-5-3-12(11)17-18-13;/h10,15H,3-9H2,1-2H3,(H,16,19)(H,17,18);1H. The van der Waals surface area contributed by atoms with Crippen LogP contribution in [0.15, 0.2) is 0 Å². The molecule has 1 aliphatic heterocycles. The van der Waals surface area contributed by atoms with E-state index in [-0.39, 0.29) is 18.3 Å². The van der Waals surface area contributed by atoms with Gasteiger partial charge in [-0.3, -0.25) is 9.89 Å². The van der Waals surface area contributed by atoms with E-state index in [1.54, 1.807) is 0 Å². The molecule has 0 spiro atoms. The Hall–Kier alpha value is -1.11. The number of H-pyrrole nitrogens is 1. The molecule has 0 saturated carbocycles. The molecule has 3 N–H and O–H groups in total. The number of rotatable bonds is 7. The largest absolute Gasteiger partial charge is 0.380 e. The Bertz CT molecular complexity index is 448. The lowest BCUT2D eigenvalue weighted by atomic mass is 10.1. The summed E-state index contributed by atoms with van der Waals surface area (Å²) < 4.78 is 5.47. The number of hydrogen-bond donors (Lipinski definition) is 3. The van der Waals surface area contributed by atoms with Crippen LogP contribution in [0, 0.1) is 5.92 Å². The van der Waals surface area contributed by atoms with Crippen molar-refractivity contribution in [2.24, 2.45) is 5.92 Å². The Morgan fingerprint density at radius 3 is 3.00 bits per heavy atom. The van der Waals surface area contributed by atoms with Crippen LogP contribution in [0.5, 0.6) is 0 Å². The van der Waals surface area contributed by atoms with Gasteiger partial charge in [0.05, 0.1) is 6.61 Å². The highest BCUT2D eigenvalue weighted by molar-refractivity contribution is 5.94. The summed E-state index contributed by atoms with van der Waals surface area (Å²) in [5, 5.41) is 13.2. The van der Waals surface area contributed by atoms with E-state index in [2.05, 4.69) is 34.7 Å². The smallest absolute Gasteiger partial charge is 0.272 e. The van der Waals surface area contributed by atoms with E-state index in [0.29, 0.717) is 31.3 Å². The van der Waals surface area contributed by atoms with E-state index in [0.717, 1.165) is 37.3 Å². The van der Waals surface area contributed by atoms with Crippen LogP contribution in [-0.4, -0.2) is 42.4 Å². The van der Waals surface area contributed by atoms with Crippen molar-refractivity contribution in [1.82, 2.24) is 20.8 Å². The number of carbonyl (C=O) groups is 1. The van der Waals surface area contributed by atoms with Gasteiger partial charge in [0, 0.05) is 43.9 Å². The van der Waals surface area contributed by atoms with E-state index in [9.17, 15) is 4.79 Å². The van der Waals surface area contributed by atoms with Gasteiger partial charge in [-0.25, -0.2) is 0 Å². The molecule has 1 aliphatic rings. The molecule has 2 rings (SSSR count). The van der Waals surface area contributed by atoms with Gasteiger partial charge in [0.2, 0.25) is 0 Å². The number of aromatic amines is 1. The summed E-state index contributed by atoms with van der Waals surface area (Å²) >= 11 is 0. The average Bonchev–Trinajstić information content (AvgIpc) is 2.86. The zero-order valence-electron chi connectivity index (χ0n) is 12.7. The first-order valence-electron chi connectivity index (χ1n) is 7.31. The first kappa shape index (κ1) is 17.9. The summed E-state index contributed by atoms with van der Waals surface area (Å²) in [5.41, 5.74) is 2.57. The number of halogens is 1. The second kappa shape index (κ2) is 9.02. The predicted molar refractivity (Wildman–Crippen MR) is 83.9 cm³/mol. The first-order valence-corrected chi connectivity index (χ1v) is 7.31. The van der Waals surface area contributed by atoms with Gasteiger partial charge in [0.1, 0.15) is 0 Å². The van der Waals surface area contributed by atoms with Crippen LogP contribution >= 0.6 is 12.4 Å². The molecular formula is C14H25ClN4O2. The Kier molecular flexibility index (Phi) is 7.71. The van der Waals surface area contributed by atoms with E-state index in [4.69, 9.17) is 4.74 Å². The van der Waals surface area contributed by atoms with Gasteiger partial charge in [-0.05, 0) is 12.3 Å². The number of fused-ring (bicyclic) bond motifs is 1. The maximum Gasteiger partial charge on any atom is 0.272 e. The molecule has 1 amide bonds. The van der Waals surface area contributed by atoms with Crippen molar-refractivity contribution in [1.29, 1.82) is 0 Å². The highest BCUT2D eigenvalue weighted by Gasteiger charge is 2.20. The van der Waals surface area contributed by atoms with Crippen molar-refractivity contribution in [3.05, 3.63) is 17.0 Å². The Morgan fingerprint density at radius 1 is 1.43 bits per heavy atom. The molecule has 0 aromatic carbocycles. The van der Waals surface area contributed by atoms with Crippen molar-refractivity contribution in [2.45, 2.75) is 33.2 Å². The summed E-state index contributed by atoms with van der Waals surface area (Å²) in [5.74, 6) is 0.520. The van der Waals surface area contributed by atoms with Gasteiger partial charge in [0.25, 0.3) is 5.91 Å².